The van der Waals surface area contributed by atoms with Crippen LogP contribution in [-0.2, 0) is 6.54 Å². The van der Waals surface area contributed by atoms with Gasteiger partial charge in [0.2, 0.25) is 0 Å². The number of ether oxygens (including phenoxy) is 1. The Bertz CT molecular complexity index is 843. The molecule has 1 heterocycles. The van der Waals surface area contributed by atoms with Gasteiger partial charge in [0.05, 0.1) is 24.6 Å². The third kappa shape index (κ3) is 3.83. The van der Waals surface area contributed by atoms with Gasteiger partial charge in [-0.15, -0.1) is 0 Å². The SMILES string of the molecule is COc1cccc(CNC(=O)c2cnn(-c3ccc(Br)cc3)c2)c1. The molecule has 1 N–H and O–H groups in total. The van der Waals surface area contributed by atoms with Gasteiger partial charge in [0, 0.05) is 17.2 Å². The summed E-state index contributed by atoms with van der Waals surface area (Å²) in [6.45, 7) is 0.430. The number of carbonyl (C=O) groups excluding carboxylic acids is 1. The van der Waals surface area contributed by atoms with Crippen molar-refractivity contribution in [3.8, 4) is 11.4 Å². The molecule has 3 aromatic rings. The Labute approximate surface area is 148 Å². The summed E-state index contributed by atoms with van der Waals surface area (Å²) in [5.74, 6) is 0.603. The first-order chi connectivity index (χ1) is 11.7. The zero-order valence-corrected chi connectivity index (χ0v) is 14.7. The van der Waals surface area contributed by atoms with E-state index in [1.807, 2.05) is 48.5 Å². The van der Waals surface area contributed by atoms with E-state index in [1.54, 1.807) is 24.2 Å². The molecule has 0 bridgehead atoms. The number of methoxy groups -OCH3 is 1. The van der Waals surface area contributed by atoms with Gasteiger partial charge in [-0.25, -0.2) is 4.68 Å². The Hall–Kier alpha value is -2.60. The van der Waals surface area contributed by atoms with Crippen LogP contribution < -0.4 is 10.1 Å². The zero-order chi connectivity index (χ0) is 16.9. The molecular weight excluding hydrogens is 370 g/mol. The van der Waals surface area contributed by atoms with Crippen LogP contribution in [0.1, 0.15) is 15.9 Å². The van der Waals surface area contributed by atoms with E-state index in [2.05, 4.69) is 26.3 Å². The highest BCUT2D eigenvalue weighted by Gasteiger charge is 2.09. The number of aromatic nitrogens is 2. The minimum atomic E-state index is -0.166. The lowest BCUT2D eigenvalue weighted by atomic mass is 10.2. The van der Waals surface area contributed by atoms with Gasteiger partial charge in [-0.2, -0.15) is 5.10 Å². The smallest absolute Gasteiger partial charge is 0.254 e. The first-order valence-electron chi connectivity index (χ1n) is 7.37. The number of nitrogens with zero attached hydrogens (tertiary/aromatic N) is 2. The van der Waals surface area contributed by atoms with Gasteiger partial charge in [-0.3, -0.25) is 4.79 Å². The van der Waals surface area contributed by atoms with Gasteiger partial charge < -0.3 is 10.1 Å². The van der Waals surface area contributed by atoms with Crippen molar-refractivity contribution in [3.63, 3.8) is 0 Å². The second kappa shape index (κ2) is 7.31. The molecule has 5 nitrogen and oxygen atoms in total. The number of hydrogen-bond donors (Lipinski definition) is 1. The number of carbonyl (C=O) groups is 1. The third-order valence-electron chi connectivity index (χ3n) is 3.52. The van der Waals surface area contributed by atoms with E-state index < -0.39 is 0 Å². The molecule has 3 rings (SSSR count). The van der Waals surface area contributed by atoms with Crippen LogP contribution in [-0.4, -0.2) is 22.8 Å². The fourth-order valence-corrected chi connectivity index (χ4v) is 2.51. The van der Waals surface area contributed by atoms with E-state index in [0.29, 0.717) is 12.1 Å². The normalized spacial score (nSPS) is 10.4. The highest BCUT2D eigenvalue weighted by molar-refractivity contribution is 9.10. The maximum absolute atomic E-state index is 12.3. The van der Waals surface area contributed by atoms with Crippen LogP contribution >= 0.6 is 15.9 Å². The van der Waals surface area contributed by atoms with Crippen molar-refractivity contribution in [2.75, 3.05) is 7.11 Å². The summed E-state index contributed by atoms with van der Waals surface area (Å²) in [5, 5.41) is 7.13. The molecule has 2 aromatic carbocycles. The maximum Gasteiger partial charge on any atom is 0.254 e. The van der Waals surface area contributed by atoms with Gasteiger partial charge in [-0.1, -0.05) is 28.1 Å². The number of halogens is 1. The number of hydrogen-bond acceptors (Lipinski definition) is 3. The lowest BCUT2D eigenvalue weighted by molar-refractivity contribution is 0.0951. The lowest BCUT2D eigenvalue weighted by Crippen LogP contribution is -2.22. The van der Waals surface area contributed by atoms with Crippen molar-refractivity contribution in [3.05, 3.63) is 76.5 Å². The minimum Gasteiger partial charge on any atom is -0.497 e. The average Bonchev–Trinajstić information content (AvgIpc) is 3.10. The molecule has 0 saturated carbocycles. The van der Waals surface area contributed by atoms with E-state index in [-0.39, 0.29) is 5.91 Å². The second-order valence-corrected chi connectivity index (χ2v) is 6.10. The minimum absolute atomic E-state index is 0.166. The molecular formula is C18H16BrN3O2. The van der Waals surface area contributed by atoms with E-state index in [0.717, 1.165) is 21.5 Å². The molecule has 0 unspecified atom stereocenters. The first kappa shape index (κ1) is 16.3. The molecule has 6 heteroatoms. The van der Waals surface area contributed by atoms with E-state index >= 15 is 0 Å². The van der Waals surface area contributed by atoms with Gasteiger partial charge in [0.25, 0.3) is 5.91 Å². The van der Waals surface area contributed by atoms with Crippen molar-refractivity contribution in [1.29, 1.82) is 0 Å². The molecule has 1 aromatic heterocycles. The van der Waals surface area contributed by atoms with Gasteiger partial charge in [0.1, 0.15) is 5.75 Å². The Morgan fingerprint density at radius 1 is 1.25 bits per heavy atom. The predicted molar refractivity (Wildman–Crippen MR) is 95.4 cm³/mol. The largest absolute Gasteiger partial charge is 0.497 e. The van der Waals surface area contributed by atoms with E-state index in [1.165, 1.54) is 0 Å². The standard InChI is InChI=1S/C18H16BrN3O2/c1-24-17-4-2-3-13(9-17)10-20-18(23)14-11-21-22(12-14)16-7-5-15(19)6-8-16/h2-9,11-12H,10H2,1H3,(H,20,23). The lowest BCUT2D eigenvalue weighted by Gasteiger charge is -2.06. The molecule has 1 amide bonds. The van der Waals surface area contributed by atoms with Crippen molar-refractivity contribution in [2.45, 2.75) is 6.54 Å². The van der Waals surface area contributed by atoms with E-state index in [9.17, 15) is 4.79 Å². The summed E-state index contributed by atoms with van der Waals surface area (Å²) >= 11 is 3.40. The number of nitrogens with one attached hydrogen (secondary N) is 1. The van der Waals surface area contributed by atoms with Crippen molar-refractivity contribution in [1.82, 2.24) is 15.1 Å². The highest BCUT2D eigenvalue weighted by Crippen LogP contribution is 2.15. The topological polar surface area (TPSA) is 56.1 Å². The highest BCUT2D eigenvalue weighted by atomic mass is 79.9. The summed E-state index contributed by atoms with van der Waals surface area (Å²) in [5.41, 5.74) is 2.38. The molecule has 0 spiro atoms. The van der Waals surface area contributed by atoms with Crippen LogP contribution in [0.2, 0.25) is 0 Å². The second-order valence-electron chi connectivity index (χ2n) is 5.18. The maximum atomic E-state index is 12.3. The Kier molecular flexibility index (Phi) is 4.96. The van der Waals surface area contributed by atoms with Crippen molar-refractivity contribution < 1.29 is 9.53 Å². The summed E-state index contributed by atoms with van der Waals surface area (Å²) in [6, 6.07) is 15.3. The van der Waals surface area contributed by atoms with E-state index in [4.69, 9.17) is 4.74 Å². The Morgan fingerprint density at radius 3 is 2.79 bits per heavy atom. The van der Waals surface area contributed by atoms with Crippen LogP contribution in [0.25, 0.3) is 5.69 Å². The molecule has 122 valence electrons. The van der Waals surface area contributed by atoms with Gasteiger partial charge in [-0.05, 0) is 42.0 Å². The Morgan fingerprint density at radius 2 is 2.04 bits per heavy atom. The van der Waals surface area contributed by atoms with Gasteiger partial charge >= 0.3 is 0 Å². The summed E-state index contributed by atoms with van der Waals surface area (Å²) in [6.07, 6.45) is 3.27. The van der Waals surface area contributed by atoms with Crippen LogP contribution in [0, 0.1) is 0 Å². The molecule has 24 heavy (non-hydrogen) atoms. The van der Waals surface area contributed by atoms with Crippen LogP contribution in [0.3, 0.4) is 0 Å². The summed E-state index contributed by atoms with van der Waals surface area (Å²) in [4.78, 5) is 12.3. The Balaban J connectivity index is 1.66. The summed E-state index contributed by atoms with van der Waals surface area (Å²) < 4.78 is 7.85. The average molecular weight is 386 g/mol. The molecule has 0 atom stereocenters. The van der Waals surface area contributed by atoms with Crippen LogP contribution in [0.15, 0.2) is 65.4 Å². The molecule has 0 aliphatic rings. The predicted octanol–water partition coefficient (Wildman–Crippen LogP) is 3.57. The number of benzene rings is 2. The quantitative estimate of drug-likeness (QED) is 0.730. The van der Waals surface area contributed by atoms with Crippen molar-refractivity contribution in [2.24, 2.45) is 0 Å². The van der Waals surface area contributed by atoms with Crippen LogP contribution in [0.4, 0.5) is 0 Å². The monoisotopic (exact) mass is 385 g/mol. The molecule has 0 fully saturated rings. The van der Waals surface area contributed by atoms with Crippen LogP contribution in [0.5, 0.6) is 5.75 Å². The first-order valence-corrected chi connectivity index (χ1v) is 8.17. The molecule has 0 saturated heterocycles. The number of rotatable bonds is 5. The van der Waals surface area contributed by atoms with Crippen molar-refractivity contribution >= 4 is 21.8 Å². The number of amides is 1. The third-order valence-corrected chi connectivity index (χ3v) is 4.05. The molecule has 0 radical (unpaired) electrons. The molecule has 0 aliphatic heterocycles. The fraction of sp³-hybridized carbons (Fsp3) is 0.111. The zero-order valence-electron chi connectivity index (χ0n) is 13.1. The van der Waals surface area contributed by atoms with Gasteiger partial charge in [0.15, 0.2) is 0 Å². The fourth-order valence-electron chi connectivity index (χ4n) is 2.24. The molecule has 0 aliphatic carbocycles. The summed E-state index contributed by atoms with van der Waals surface area (Å²) in [7, 11) is 1.62.